The SMILES string of the molecule is COC(=O)C(=[N+]=[N-])c1ccc(OC)cc1. The molecule has 0 fully saturated rings. The quantitative estimate of drug-likeness (QED) is 0.319. The molecule has 0 N–H and O–H groups in total. The Kier molecular flexibility index (Phi) is 3.60. The zero-order valence-corrected chi connectivity index (χ0v) is 8.43. The molecule has 15 heavy (non-hydrogen) atoms. The molecule has 0 aliphatic carbocycles. The molecule has 0 spiro atoms. The first-order valence-corrected chi connectivity index (χ1v) is 4.17. The highest BCUT2D eigenvalue weighted by Gasteiger charge is 2.23. The third-order valence-electron chi connectivity index (χ3n) is 1.84. The van der Waals surface area contributed by atoms with Gasteiger partial charge in [0.15, 0.2) is 0 Å². The molecule has 0 aliphatic heterocycles. The number of carbonyl (C=O) groups is 1. The highest BCUT2D eigenvalue weighted by atomic mass is 16.5. The second-order valence-electron chi connectivity index (χ2n) is 2.67. The molecule has 78 valence electrons. The number of hydrogen-bond acceptors (Lipinski definition) is 3. The Labute approximate surface area is 86.9 Å². The third kappa shape index (κ3) is 2.42. The van der Waals surface area contributed by atoms with Gasteiger partial charge >= 0.3 is 11.7 Å². The number of methoxy groups -OCH3 is 2. The summed E-state index contributed by atoms with van der Waals surface area (Å²) in [5.74, 6) is -0.0384. The predicted molar refractivity (Wildman–Crippen MR) is 52.7 cm³/mol. The molecule has 0 saturated heterocycles. The molecule has 0 amide bonds. The van der Waals surface area contributed by atoms with Crippen molar-refractivity contribution in [2.75, 3.05) is 14.2 Å². The molecule has 0 radical (unpaired) electrons. The average Bonchev–Trinajstić information content (AvgIpc) is 2.30. The van der Waals surface area contributed by atoms with Crippen molar-refractivity contribution < 1.29 is 19.1 Å². The van der Waals surface area contributed by atoms with E-state index < -0.39 is 5.97 Å². The second-order valence-corrected chi connectivity index (χ2v) is 2.67. The van der Waals surface area contributed by atoms with Gasteiger partial charge in [0.2, 0.25) is 0 Å². The van der Waals surface area contributed by atoms with Crippen molar-refractivity contribution in [1.82, 2.24) is 0 Å². The number of carbonyl (C=O) groups excluding carboxylic acids is 1. The first kappa shape index (κ1) is 10.9. The molecular formula is C10H10N2O3. The number of ether oxygens (including phenoxy) is 2. The van der Waals surface area contributed by atoms with Gasteiger partial charge in [0.25, 0.3) is 0 Å². The molecule has 1 aromatic carbocycles. The van der Waals surface area contributed by atoms with E-state index in [0.29, 0.717) is 11.3 Å². The lowest BCUT2D eigenvalue weighted by atomic mass is 10.1. The Morgan fingerprint density at radius 2 is 1.87 bits per heavy atom. The largest absolute Gasteiger partial charge is 0.497 e. The van der Waals surface area contributed by atoms with E-state index in [2.05, 4.69) is 9.53 Å². The van der Waals surface area contributed by atoms with E-state index in [1.807, 2.05) is 0 Å². The van der Waals surface area contributed by atoms with Gasteiger partial charge in [0.05, 0.1) is 19.8 Å². The minimum Gasteiger partial charge on any atom is -0.497 e. The van der Waals surface area contributed by atoms with Crippen molar-refractivity contribution in [3.8, 4) is 5.75 Å². The fourth-order valence-corrected chi connectivity index (χ4v) is 1.06. The van der Waals surface area contributed by atoms with Crippen molar-refractivity contribution in [2.24, 2.45) is 0 Å². The Balaban J connectivity index is 3.04. The van der Waals surface area contributed by atoms with Gasteiger partial charge in [-0.3, -0.25) is 0 Å². The van der Waals surface area contributed by atoms with Crippen LogP contribution in [-0.2, 0) is 9.53 Å². The number of rotatable bonds is 3. The minimum atomic E-state index is -0.692. The van der Waals surface area contributed by atoms with Crippen LogP contribution in [-0.4, -0.2) is 30.7 Å². The van der Waals surface area contributed by atoms with E-state index in [1.54, 1.807) is 24.3 Å². The molecule has 0 aliphatic rings. The van der Waals surface area contributed by atoms with Gasteiger partial charge in [0.1, 0.15) is 5.75 Å². The van der Waals surface area contributed by atoms with Crippen LogP contribution in [0.3, 0.4) is 0 Å². The number of nitrogens with zero attached hydrogens (tertiary/aromatic N) is 2. The summed E-state index contributed by atoms with van der Waals surface area (Å²) < 4.78 is 9.40. The van der Waals surface area contributed by atoms with E-state index in [-0.39, 0.29) is 5.71 Å². The zero-order valence-electron chi connectivity index (χ0n) is 8.43. The fraction of sp³-hybridized carbons (Fsp3) is 0.200. The maximum atomic E-state index is 11.2. The monoisotopic (exact) mass is 206 g/mol. The standard InChI is InChI=1S/C10H10N2O3/c1-14-8-5-3-7(4-6-8)9(12-11)10(13)15-2/h3-6H,1-2H3. The first-order valence-electron chi connectivity index (χ1n) is 4.17. The molecule has 5 nitrogen and oxygen atoms in total. The summed E-state index contributed by atoms with van der Waals surface area (Å²) in [7, 11) is 2.76. The van der Waals surface area contributed by atoms with Crippen LogP contribution in [0, 0.1) is 0 Å². The summed E-state index contributed by atoms with van der Waals surface area (Å²) in [4.78, 5) is 14.0. The van der Waals surface area contributed by atoms with Crippen LogP contribution in [0.25, 0.3) is 5.53 Å². The Bertz CT molecular complexity index is 405. The predicted octanol–water partition coefficient (Wildman–Crippen LogP) is 0.887. The number of hydrogen-bond donors (Lipinski definition) is 0. The summed E-state index contributed by atoms with van der Waals surface area (Å²) in [6.45, 7) is 0. The summed E-state index contributed by atoms with van der Waals surface area (Å²) in [5, 5.41) is 0. The van der Waals surface area contributed by atoms with Gasteiger partial charge in [-0.15, -0.1) is 0 Å². The van der Waals surface area contributed by atoms with Crippen LogP contribution in [0.2, 0.25) is 0 Å². The number of esters is 1. The Hall–Kier alpha value is -2.13. The van der Waals surface area contributed by atoms with E-state index in [9.17, 15) is 4.79 Å². The highest BCUT2D eigenvalue weighted by Crippen LogP contribution is 2.11. The molecule has 0 saturated carbocycles. The van der Waals surface area contributed by atoms with E-state index in [4.69, 9.17) is 10.3 Å². The maximum Gasteiger partial charge on any atom is 0.422 e. The van der Waals surface area contributed by atoms with Crippen molar-refractivity contribution >= 4 is 11.7 Å². The maximum absolute atomic E-state index is 11.2. The molecule has 0 atom stereocenters. The fourth-order valence-electron chi connectivity index (χ4n) is 1.06. The van der Waals surface area contributed by atoms with Crippen molar-refractivity contribution in [3.05, 3.63) is 35.4 Å². The average molecular weight is 206 g/mol. The summed E-state index contributed by atoms with van der Waals surface area (Å²) >= 11 is 0. The van der Waals surface area contributed by atoms with Gasteiger partial charge < -0.3 is 15.0 Å². The lowest BCUT2D eigenvalue weighted by Gasteiger charge is -1.99. The van der Waals surface area contributed by atoms with E-state index in [1.165, 1.54) is 14.2 Å². The lowest BCUT2D eigenvalue weighted by molar-refractivity contribution is -0.137. The minimum absolute atomic E-state index is 0.139. The normalized spacial score (nSPS) is 8.93. The van der Waals surface area contributed by atoms with Crippen LogP contribution in [0.5, 0.6) is 5.75 Å². The molecule has 5 heteroatoms. The van der Waals surface area contributed by atoms with Crippen LogP contribution < -0.4 is 4.74 Å². The van der Waals surface area contributed by atoms with Crippen molar-refractivity contribution in [1.29, 1.82) is 0 Å². The number of benzene rings is 1. The smallest absolute Gasteiger partial charge is 0.422 e. The summed E-state index contributed by atoms with van der Waals surface area (Å²) in [6, 6.07) is 6.52. The van der Waals surface area contributed by atoms with Gasteiger partial charge in [-0.25, -0.2) is 4.79 Å². The second kappa shape index (κ2) is 4.93. The Morgan fingerprint density at radius 1 is 1.27 bits per heavy atom. The molecule has 0 aromatic heterocycles. The lowest BCUT2D eigenvalue weighted by Crippen LogP contribution is -2.17. The molecule has 0 bridgehead atoms. The summed E-state index contributed by atoms with van der Waals surface area (Å²) in [6.07, 6.45) is 0. The van der Waals surface area contributed by atoms with Crippen molar-refractivity contribution in [3.63, 3.8) is 0 Å². The van der Waals surface area contributed by atoms with E-state index >= 15 is 0 Å². The van der Waals surface area contributed by atoms with E-state index in [0.717, 1.165) is 0 Å². The summed E-state index contributed by atoms with van der Waals surface area (Å²) in [5.41, 5.74) is 8.99. The first-order chi connectivity index (χ1) is 7.22. The molecule has 1 rings (SSSR count). The van der Waals surface area contributed by atoms with Crippen LogP contribution in [0.15, 0.2) is 24.3 Å². The van der Waals surface area contributed by atoms with Gasteiger partial charge in [-0.05, 0) is 24.3 Å². The zero-order chi connectivity index (χ0) is 11.3. The molecule has 0 heterocycles. The molecule has 0 unspecified atom stereocenters. The highest BCUT2D eigenvalue weighted by molar-refractivity contribution is 6.40. The topological polar surface area (TPSA) is 71.9 Å². The van der Waals surface area contributed by atoms with Crippen molar-refractivity contribution in [2.45, 2.75) is 0 Å². The van der Waals surface area contributed by atoms with Crippen LogP contribution in [0.1, 0.15) is 5.56 Å². The molecular weight excluding hydrogens is 196 g/mol. The molecule has 1 aromatic rings. The van der Waals surface area contributed by atoms with Gasteiger partial charge in [-0.2, -0.15) is 4.79 Å². The third-order valence-corrected chi connectivity index (χ3v) is 1.84. The Morgan fingerprint density at radius 3 is 2.27 bits per heavy atom. The van der Waals surface area contributed by atoms with Crippen LogP contribution >= 0.6 is 0 Å². The van der Waals surface area contributed by atoms with Gasteiger partial charge in [0, 0.05) is 0 Å². The van der Waals surface area contributed by atoms with Gasteiger partial charge in [-0.1, -0.05) is 0 Å². The van der Waals surface area contributed by atoms with Crippen LogP contribution in [0.4, 0.5) is 0 Å².